The number of aromatic nitrogens is 5. The van der Waals surface area contributed by atoms with E-state index in [4.69, 9.17) is 16.7 Å². The highest BCUT2D eigenvalue weighted by Gasteiger charge is 2.14. The Morgan fingerprint density at radius 1 is 1.22 bits per heavy atom. The van der Waals surface area contributed by atoms with Crippen molar-refractivity contribution in [1.82, 2.24) is 24.7 Å². The van der Waals surface area contributed by atoms with Crippen molar-refractivity contribution in [3.8, 4) is 11.3 Å². The maximum atomic E-state index is 9.02. The van der Waals surface area contributed by atoms with E-state index in [2.05, 4.69) is 20.1 Å². The van der Waals surface area contributed by atoms with E-state index in [1.165, 1.54) is 16.3 Å². The first-order chi connectivity index (χ1) is 13.1. The predicted molar refractivity (Wildman–Crippen MR) is 105 cm³/mol. The molecule has 0 saturated carbocycles. The van der Waals surface area contributed by atoms with Crippen molar-refractivity contribution in [1.29, 1.82) is 0 Å². The molecular weight excluding hydrogens is 364 g/mol. The van der Waals surface area contributed by atoms with E-state index in [1.54, 1.807) is 23.1 Å². The second kappa shape index (κ2) is 7.27. The molecular formula is C17H18N8OS. The van der Waals surface area contributed by atoms with Crippen molar-refractivity contribution in [2.24, 2.45) is 5.84 Å². The van der Waals surface area contributed by atoms with E-state index in [0.29, 0.717) is 30.3 Å². The fourth-order valence-corrected chi connectivity index (χ4v) is 3.58. The molecule has 4 aromatic heterocycles. The van der Waals surface area contributed by atoms with Crippen molar-refractivity contribution in [3.05, 3.63) is 47.9 Å². The molecule has 27 heavy (non-hydrogen) atoms. The van der Waals surface area contributed by atoms with Crippen LogP contribution in [0.4, 0.5) is 11.5 Å². The average molecular weight is 382 g/mol. The van der Waals surface area contributed by atoms with Gasteiger partial charge in [0.05, 0.1) is 37.3 Å². The quantitative estimate of drug-likeness (QED) is 0.337. The normalized spacial score (nSPS) is 11.2. The molecule has 0 aromatic carbocycles. The van der Waals surface area contributed by atoms with Gasteiger partial charge in [-0.2, -0.15) is 5.10 Å². The van der Waals surface area contributed by atoms with Gasteiger partial charge in [-0.1, -0.05) is 11.3 Å². The Kier molecular flexibility index (Phi) is 4.67. The summed E-state index contributed by atoms with van der Waals surface area (Å²) in [6.07, 6.45) is 5.25. The third-order valence-corrected chi connectivity index (χ3v) is 4.92. The molecule has 0 amide bonds. The summed E-state index contributed by atoms with van der Waals surface area (Å²) < 4.78 is 1.65. The molecule has 9 nitrogen and oxygen atoms in total. The molecule has 0 radical (unpaired) electrons. The number of aliphatic hydroxyl groups excluding tert-OH is 1. The SMILES string of the molecule is Nc1ccc(-c2cnn(CCO)c2)nc1N(N)Cc1nc2cccnc2s1. The molecule has 0 fully saturated rings. The first-order valence-electron chi connectivity index (χ1n) is 8.27. The number of hydrazine groups is 1. The van der Waals surface area contributed by atoms with Gasteiger partial charge in [0.15, 0.2) is 5.82 Å². The minimum absolute atomic E-state index is 0.0230. The Morgan fingerprint density at radius 3 is 2.93 bits per heavy atom. The van der Waals surface area contributed by atoms with Crippen LogP contribution in [0.3, 0.4) is 0 Å². The third kappa shape index (κ3) is 3.58. The number of hydrogen-bond donors (Lipinski definition) is 3. The van der Waals surface area contributed by atoms with Gasteiger partial charge in [-0.05, 0) is 24.3 Å². The van der Waals surface area contributed by atoms with Gasteiger partial charge in [-0.15, -0.1) is 0 Å². The highest BCUT2D eigenvalue weighted by atomic mass is 32.1. The van der Waals surface area contributed by atoms with Crippen LogP contribution in [0.15, 0.2) is 42.9 Å². The highest BCUT2D eigenvalue weighted by molar-refractivity contribution is 7.18. The lowest BCUT2D eigenvalue weighted by Gasteiger charge is -2.18. The fraction of sp³-hybridized carbons (Fsp3) is 0.176. The van der Waals surface area contributed by atoms with Crippen LogP contribution >= 0.6 is 11.3 Å². The second-order valence-corrected chi connectivity index (χ2v) is 6.95. The van der Waals surface area contributed by atoms with Crippen molar-refractivity contribution in [3.63, 3.8) is 0 Å². The first-order valence-corrected chi connectivity index (χ1v) is 9.08. The number of hydrogen-bond acceptors (Lipinski definition) is 9. The molecule has 138 valence electrons. The van der Waals surface area contributed by atoms with Crippen molar-refractivity contribution >= 4 is 33.2 Å². The van der Waals surface area contributed by atoms with Gasteiger partial charge in [-0.3, -0.25) is 9.69 Å². The van der Waals surface area contributed by atoms with E-state index in [0.717, 1.165) is 20.9 Å². The molecule has 4 heterocycles. The summed E-state index contributed by atoms with van der Waals surface area (Å²) in [5.74, 6) is 6.70. The molecule has 0 bridgehead atoms. The predicted octanol–water partition coefficient (Wildman–Crippen LogP) is 1.40. The molecule has 0 aliphatic heterocycles. The zero-order chi connectivity index (χ0) is 18.8. The monoisotopic (exact) mass is 382 g/mol. The number of aliphatic hydroxyl groups is 1. The molecule has 0 aliphatic carbocycles. The van der Waals surface area contributed by atoms with E-state index in [9.17, 15) is 0 Å². The molecule has 4 rings (SSSR count). The lowest BCUT2D eigenvalue weighted by molar-refractivity contribution is 0.269. The summed E-state index contributed by atoms with van der Waals surface area (Å²) in [6.45, 7) is 0.817. The maximum absolute atomic E-state index is 9.02. The number of rotatable bonds is 6. The summed E-state index contributed by atoms with van der Waals surface area (Å²) in [5, 5.41) is 15.5. The molecule has 4 aromatic rings. The van der Waals surface area contributed by atoms with Crippen LogP contribution < -0.4 is 16.6 Å². The summed E-state index contributed by atoms with van der Waals surface area (Å²) in [5.41, 5.74) is 8.92. The average Bonchev–Trinajstić information content (AvgIpc) is 3.28. The largest absolute Gasteiger partial charge is 0.396 e. The van der Waals surface area contributed by atoms with E-state index in [-0.39, 0.29) is 6.61 Å². The van der Waals surface area contributed by atoms with Gasteiger partial charge >= 0.3 is 0 Å². The lowest BCUT2D eigenvalue weighted by atomic mass is 10.2. The molecule has 0 unspecified atom stereocenters. The van der Waals surface area contributed by atoms with Gasteiger partial charge in [0, 0.05) is 18.0 Å². The molecule has 0 atom stereocenters. The third-order valence-electron chi connectivity index (χ3n) is 3.95. The van der Waals surface area contributed by atoms with Crippen molar-refractivity contribution in [2.75, 3.05) is 17.3 Å². The smallest absolute Gasteiger partial charge is 0.166 e. The van der Waals surface area contributed by atoms with Crippen LogP contribution in [0, 0.1) is 0 Å². The Labute approximate surface area is 158 Å². The number of nitrogen functional groups attached to an aromatic ring is 1. The van der Waals surface area contributed by atoms with Gasteiger partial charge in [0.25, 0.3) is 0 Å². The fourth-order valence-electron chi connectivity index (χ4n) is 2.67. The number of fused-ring (bicyclic) bond motifs is 1. The number of thiazole rings is 1. The topological polar surface area (TPSA) is 132 Å². The minimum Gasteiger partial charge on any atom is -0.396 e. The standard InChI is InChI=1S/C17H18N8OS/c18-12-3-4-13(11-8-21-24(9-11)6-7-26)23-16(12)25(19)10-15-22-14-2-1-5-20-17(14)27-15/h1-5,8-9,26H,6-7,10,18-19H2. The van der Waals surface area contributed by atoms with Gasteiger partial charge in [0.2, 0.25) is 0 Å². The van der Waals surface area contributed by atoms with Crippen LogP contribution in [0.1, 0.15) is 5.01 Å². The summed E-state index contributed by atoms with van der Waals surface area (Å²) in [6, 6.07) is 7.35. The van der Waals surface area contributed by atoms with E-state index in [1.807, 2.05) is 24.4 Å². The van der Waals surface area contributed by atoms with Gasteiger partial charge in [-0.25, -0.2) is 20.8 Å². The molecule has 0 saturated heterocycles. The second-order valence-electron chi connectivity index (χ2n) is 5.89. The van der Waals surface area contributed by atoms with Crippen molar-refractivity contribution < 1.29 is 5.11 Å². The first kappa shape index (κ1) is 17.3. The Balaban J connectivity index is 1.59. The van der Waals surface area contributed by atoms with Crippen molar-refractivity contribution in [2.45, 2.75) is 13.1 Å². The van der Waals surface area contributed by atoms with Crippen LogP contribution in [0.25, 0.3) is 21.6 Å². The molecule has 0 spiro atoms. The van der Waals surface area contributed by atoms with Crippen LogP contribution in [-0.2, 0) is 13.1 Å². The zero-order valence-corrected chi connectivity index (χ0v) is 15.2. The molecule has 10 heteroatoms. The number of pyridine rings is 2. The zero-order valence-electron chi connectivity index (χ0n) is 14.4. The Bertz CT molecular complexity index is 1040. The maximum Gasteiger partial charge on any atom is 0.166 e. The van der Waals surface area contributed by atoms with Crippen LogP contribution in [0.5, 0.6) is 0 Å². The van der Waals surface area contributed by atoms with E-state index < -0.39 is 0 Å². The van der Waals surface area contributed by atoms with Gasteiger partial charge < -0.3 is 10.8 Å². The van der Waals surface area contributed by atoms with Crippen LogP contribution in [0.2, 0.25) is 0 Å². The van der Waals surface area contributed by atoms with E-state index >= 15 is 0 Å². The molecule has 0 aliphatic rings. The summed E-state index contributed by atoms with van der Waals surface area (Å²) in [4.78, 5) is 14.3. The number of anilines is 2. The number of nitrogens with two attached hydrogens (primary N) is 2. The Hall–Kier alpha value is -3.08. The van der Waals surface area contributed by atoms with Crippen LogP contribution in [-0.4, -0.2) is 36.4 Å². The summed E-state index contributed by atoms with van der Waals surface area (Å²) in [7, 11) is 0. The highest BCUT2D eigenvalue weighted by Crippen LogP contribution is 2.27. The Morgan fingerprint density at radius 2 is 2.11 bits per heavy atom. The lowest BCUT2D eigenvalue weighted by Crippen LogP contribution is -2.31. The van der Waals surface area contributed by atoms with Gasteiger partial charge in [0.1, 0.15) is 15.4 Å². The summed E-state index contributed by atoms with van der Waals surface area (Å²) >= 11 is 1.49. The minimum atomic E-state index is 0.0230. The number of nitrogens with zero attached hydrogens (tertiary/aromatic N) is 6. The molecule has 5 N–H and O–H groups in total.